The van der Waals surface area contributed by atoms with Crippen molar-refractivity contribution in [2.75, 3.05) is 25.0 Å². The van der Waals surface area contributed by atoms with Crippen molar-refractivity contribution < 1.29 is 54.4 Å². The van der Waals surface area contributed by atoms with Crippen LogP contribution in [-0.2, 0) is 77.7 Å². The largest absolute Gasteiger partial charge is 0.460 e. The highest BCUT2D eigenvalue weighted by Crippen LogP contribution is 2.52. The van der Waals surface area contributed by atoms with Gasteiger partial charge in [0.15, 0.2) is 17.3 Å². The molecule has 9 heterocycles. The van der Waals surface area contributed by atoms with Gasteiger partial charge in [-0.15, -0.1) is 0 Å². The van der Waals surface area contributed by atoms with Crippen molar-refractivity contribution in [2.45, 2.75) is 214 Å². The number of ketones is 2. The molecule has 0 saturated heterocycles. The monoisotopic (exact) mass is 1390 g/mol. The van der Waals surface area contributed by atoms with E-state index in [0.717, 1.165) is 0 Å². The highest BCUT2D eigenvalue weighted by Gasteiger charge is 2.60. The molecule has 2 aromatic heterocycles. The molecule has 12 rings (SSSR count). The Morgan fingerprint density at radius 2 is 0.979 bits per heavy atom. The Morgan fingerprint density at radius 1 is 0.577 bits per heavy atom. The van der Waals surface area contributed by atoms with Crippen molar-refractivity contribution in [3.05, 3.63) is 147 Å². The van der Waals surface area contributed by atoms with Crippen LogP contribution in [0.5, 0.6) is 0 Å². The number of fused-ring (bicyclic) bond motifs is 8. The molecule has 7 aliphatic heterocycles. The number of benzene rings is 3. The van der Waals surface area contributed by atoms with E-state index in [-0.39, 0.29) is 54.2 Å². The van der Waals surface area contributed by atoms with Gasteiger partial charge in [0.25, 0.3) is 0 Å². The van der Waals surface area contributed by atoms with Gasteiger partial charge in [-0.05, 0) is 184 Å². The maximum Gasteiger partial charge on any atom is 0.313 e. The number of nitrogens with one attached hydrogen (secondary N) is 1. The molecule has 0 saturated carbocycles. The SMILES string of the molecule is CC1(C)Nc2ccc(F)c(c2)[C@@]2(C)N=C(CC(=O)O1)C(C)(C)[S@@]1(=O)=NCC[C@@H]21.Cc1ncc(C(=O)Cc2ccc(F)c([C@@]3(C)N=C(CC(=O)OC(C)(C)C)C(C)(C)[S@@]4(=O)=NCC[C@@H]34)c2)cn1.Cc1ncc(C(=O)Cc2ccc(F)c([C@@]3(C)N=C(N)C(C)(C)[S@@]4(=O)=NCC[C@@H]34)c2)cn1. The summed E-state index contributed by atoms with van der Waals surface area (Å²) in [6.45, 7) is 29.6. The maximum atomic E-state index is 15.5. The van der Waals surface area contributed by atoms with Crippen molar-refractivity contribution in [3.8, 4) is 0 Å². The average Bonchev–Trinajstić information content (AvgIpc) is 1.69. The molecule has 9 atom stereocenters. The first-order chi connectivity index (χ1) is 44.9. The van der Waals surface area contributed by atoms with Crippen LogP contribution in [0.4, 0.5) is 18.9 Å². The summed E-state index contributed by atoms with van der Waals surface area (Å²) in [5.74, 6) is -1.39. The summed E-state index contributed by atoms with van der Waals surface area (Å²) in [6.07, 6.45) is 7.30. The Hall–Kier alpha value is -7.65. The zero-order valence-corrected chi connectivity index (χ0v) is 60.3. The highest BCUT2D eigenvalue weighted by atomic mass is 32.2. The summed E-state index contributed by atoms with van der Waals surface area (Å²) in [6, 6.07) is 13.7. The maximum absolute atomic E-state index is 15.5. The van der Waals surface area contributed by atoms with Crippen molar-refractivity contribution in [1.29, 1.82) is 0 Å². The summed E-state index contributed by atoms with van der Waals surface area (Å²) >= 11 is 0. The zero-order chi connectivity index (χ0) is 71.2. The number of nitrogens with two attached hydrogens (primary N) is 1. The van der Waals surface area contributed by atoms with Gasteiger partial charge in [0, 0.05) is 91.1 Å². The smallest absolute Gasteiger partial charge is 0.313 e. The molecule has 3 aromatic carbocycles. The molecule has 7 aliphatic rings. The molecule has 0 aliphatic carbocycles. The Kier molecular flexibility index (Phi) is 18.8. The van der Waals surface area contributed by atoms with Gasteiger partial charge in [-0.3, -0.25) is 34.2 Å². The average molecular weight is 1390 g/mol. The lowest BCUT2D eigenvalue weighted by molar-refractivity contribution is -0.154. The number of aliphatic imine (C=N–C) groups is 3. The number of hydrogen-bond acceptors (Lipinski definition) is 21. The number of carbonyl (C=O) groups excluding carboxylic acids is 4. The molecule has 3 N–H and O–H groups in total. The van der Waals surface area contributed by atoms with E-state index in [4.69, 9.17) is 25.2 Å². The van der Waals surface area contributed by atoms with Crippen LogP contribution in [0, 0.1) is 31.3 Å². The van der Waals surface area contributed by atoms with Gasteiger partial charge < -0.3 is 20.5 Å². The summed E-state index contributed by atoms with van der Waals surface area (Å²) in [7, 11) is -8.46. The number of amidine groups is 1. The van der Waals surface area contributed by atoms with E-state index in [1.165, 1.54) is 43.0 Å². The van der Waals surface area contributed by atoms with Crippen molar-refractivity contribution in [2.24, 2.45) is 33.8 Å². The standard InChI is InChI=1S/C28H35FN4O4S.C22H26FN5O2S.C20H26FN3O3S/c1-17-30-15-19(16-31-17)22(34)13-18-8-9-21(29)20(12-18)28(7)24-10-11-32-38(24,36)27(5,6)23(33-28)14-25(35)37-26(2,3)4;1-13-25-11-15(12-26-13)18(29)10-14-5-6-17(23)16(9-14)22(4)19-7-8-27-31(19,30)21(2,3)20(24)28-22;1-18(2)15-11-17(25)27-19(3,4)23-12-6-7-14(21)13(10-12)20(5,24-15)16-8-9-22-28(16,18)26/h8-9,12,15-16,24H,10-11,13-14H2,1-7H3;5-6,9,11-12,19H,7-8,10H2,1-4H3,(H2,24,28);6-7,10,16,23H,8-9,11H2,1-5H3/t24-,28+,38+;19-,22+,31+;16-,20+,28+/m000/s1. The fourth-order valence-corrected chi connectivity index (χ4v) is 23.9. The van der Waals surface area contributed by atoms with Crippen LogP contribution in [0.15, 0.2) is 107 Å². The van der Waals surface area contributed by atoms with Crippen LogP contribution >= 0.6 is 0 Å². The van der Waals surface area contributed by atoms with Gasteiger partial charge in [-0.25, -0.2) is 58.8 Å². The molecule has 0 amide bonds. The fraction of sp³-hybridized carbons (Fsp3) is 0.529. The number of carbonyl (C=O) groups is 4. The number of rotatable bonds is 10. The fourth-order valence-electron chi connectivity index (χ4n) is 14.2. The molecule has 97 heavy (non-hydrogen) atoms. The van der Waals surface area contributed by atoms with Crippen LogP contribution in [0.3, 0.4) is 0 Å². The quantitative estimate of drug-likeness (QED) is 0.0970. The zero-order valence-electron chi connectivity index (χ0n) is 57.9. The summed E-state index contributed by atoms with van der Waals surface area (Å²) < 4.78 is 110. The van der Waals surface area contributed by atoms with E-state index in [0.29, 0.717) is 95.5 Å². The minimum absolute atomic E-state index is 0.0141. The molecule has 5 aromatic rings. The lowest BCUT2D eigenvalue weighted by atomic mass is 9.84. The number of anilines is 1. The molecule has 0 unspecified atom stereocenters. The van der Waals surface area contributed by atoms with E-state index < -0.39 is 117 Å². The Labute approximate surface area is 566 Å². The number of cyclic esters (lactones) is 1. The predicted octanol–water partition coefficient (Wildman–Crippen LogP) is 11.3. The molecule has 0 spiro atoms. The first kappa shape index (κ1) is 72.1. The third-order valence-electron chi connectivity index (χ3n) is 19.8. The first-order valence-electron chi connectivity index (χ1n) is 32.4. The van der Waals surface area contributed by atoms with E-state index in [1.807, 2.05) is 20.8 Å². The van der Waals surface area contributed by atoms with E-state index >= 15 is 13.2 Å². The Bertz CT molecular complexity index is 4580. The number of Topliss-reactive ketones (excluding diaryl/α,β-unsaturated/α-hetero) is 2. The Morgan fingerprint density at radius 3 is 1.43 bits per heavy atom. The second-order valence-electron chi connectivity index (χ2n) is 29.3. The van der Waals surface area contributed by atoms with Crippen LogP contribution in [0.2, 0.25) is 0 Å². The summed E-state index contributed by atoms with van der Waals surface area (Å²) in [4.78, 5) is 81.9. The number of aryl methyl sites for hydroxylation is 2. The van der Waals surface area contributed by atoms with Gasteiger partial charge in [-0.2, -0.15) is 0 Å². The highest BCUT2D eigenvalue weighted by molar-refractivity contribution is 7.97. The lowest BCUT2D eigenvalue weighted by Gasteiger charge is -2.46. The minimum atomic E-state index is -2.93. The van der Waals surface area contributed by atoms with Crippen molar-refractivity contribution in [1.82, 2.24) is 19.9 Å². The summed E-state index contributed by atoms with van der Waals surface area (Å²) in [5.41, 5.74) is 5.39. The molecule has 520 valence electrons. The van der Waals surface area contributed by atoms with Gasteiger partial charge in [0.2, 0.25) is 0 Å². The second-order valence-corrected chi connectivity index (χ2v) is 38.2. The van der Waals surface area contributed by atoms with Gasteiger partial charge >= 0.3 is 11.9 Å². The normalized spacial score (nSPS) is 29.8. The summed E-state index contributed by atoms with van der Waals surface area (Å²) in [5, 5.41) is 1.70. The minimum Gasteiger partial charge on any atom is -0.460 e. The van der Waals surface area contributed by atoms with Gasteiger partial charge in [0.05, 0.1) is 78.4 Å². The molecule has 27 heteroatoms. The molecular weight excluding hydrogens is 1310 g/mol. The van der Waals surface area contributed by atoms with Crippen molar-refractivity contribution >= 4 is 75.6 Å². The number of hydrogen-bond donors (Lipinski definition) is 2. The molecule has 21 nitrogen and oxygen atoms in total. The second kappa shape index (κ2) is 25.3. The number of ether oxygens (including phenoxy) is 2. The van der Waals surface area contributed by atoms with E-state index in [1.54, 1.807) is 126 Å². The van der Waals surface area contributed by atoms with Gasteiger partial charge in [0.1, 0.15) is 61.9 Å². The lowest BCUT2D eigenvalue weighted by Crippen LogP contribution is -2.58. The number of halogens is 3. The molecule has 0 fully saturated rings. The van der Waals surface area contributed by atoms with Crippen LogP contribution in [0.25, 0.3) is 0 Å². The van der Waals surface area contributed by atoms with Crippen LogP contribution in [0.1, 0.15) is 189 Å². The first-order valence-corrected chi connectivity index (χ1v) is 37.1. The van der Waals surface area contributed by atoms with Crippen LogP contribution in [-0.4, -0.2) is 134 Å². The van der Waals surface area contributed by atoms with E-state index in [9.17, 15) is 31.8 Å². The van der Waals surface area contributed by atoms with E-state index in [2.05, 4.69) is 43.3 Å². The third-order valence-corrected chi connectivity index (χ3v) is 31.0. The molecule has 0 radical (unpaired) electrons. The molecular formula is C70H87F3N12O9S3. The third kappa shape index (κ3) is 13.0. The van der Waals surface area contributed by atoms with Crippen molar-refractivity contribution in [3.63, 3.8) is 0 Å². The topological polar surface area (TPSA) is 302 Å². The van der Waals surface area contributed by atoms with Crippen LogP contribution < -0.4 is 11.1 Å². The van der Waals surface area contributed by atoms with Gasteiger partial charge in [-0.1, -0.05) is 12.1 Å². The Balaban J connectivity index is 0.000000160. The number of aromatic nitrogens is 4. The predicted molar refractivity (Wildman–Crippen MR) is 370 cm³/mol. The molecule has 4 bridgehead atoms. The number of nitrogens with zero attached hydrogens (tertiary/aromatic N) is 10. The number of esters is 2.